The van der Waals surface area contributed by atoms with Gasteiger partial charge in [0.25, 0.3) is 0 Å². The molecule has 0 amide bonds. The second-order valence-corrected chi connectivity index (χ2v) is 1.58. The van der Waals surface area contributed by atoms with E-state index in [1.165, 1.54) is 31.4 Å². The van der Waals surface area contributed by atoms with Gasteiger partial charge in [-0.05, 0) is 6.08 Å². The molecule has 1 aliphatic heterocycles. The standard InChI is InChI=1S/C7H7N3O/c1-2-8-6-10-7-9-3-5-11-4-1/h1-7H. The lowest BCUT2D eigenvalue weighted by molar-refractivity contribution is 0.402. The summed E-state index contributed by atoms with van der Waals surface area (Å²) in [5, 5.41) is 0. The Labute approximate surface area is 64.3 Å². The molecular weight excluding hydrogens is 142 g/mol. The van der Waals surface area contributed by atoms with E-state index in [2.05, 4.69) is 15.0 Å². The van der Waals surface area contributed by atoms with Crippen LogP contribution in [-0.4, -0.2) is 18.9 Å². The average Bonchev–Trinajstić information content (AvgIpc) is 2.08. The van der Waals surface area contributed by atoms with E-state index in [1.54, 1.807) is 12.3 Å². The SMILES string of the molecule is C1=COC=CN=CN=CN=C1. The molecule has 4 nitrogen and oxygen atoms in total. The molecule has 4 heteroatoms. The van der Waals surface area contributed by atoms with Crippen LogP contribution in [0.5, 0.6) is 0 Å². The van der Waals surface area contributed by atoms with Gasteiger partial charge in [0.1, 0.15) is 18.9 Å². The zero-order chi connectivity index (χ0) is 7.78. The molecular formula is C7H7N3O. The first-order valence-electron chi connectivity index (χ1n) is 3.02. The first-order chi connectivity index (χ1) is 5.50. The van der Waals surface area contributed by atoms with E-state index >= 15 is 0 Å². The third-order valence-corrected chi connectivity index (χ3v) is 0.821. The van der Waals surface area contributed by atoms with Gasteiger partial charge in [-0.3, -0.25) is 0 Å². The van der Waals surface area contributed by atoms with Crippen LogP contribution >= 0.6 is 0 Å². The van der Waals surface area contributed by atoms with Crippen LogP contribution in [0.15, 0.2) is 39.8 Å². The Morgan fingerprint density at radius 2 is 1.82 bits per heavy atom. The second-order valence-electron chi connectivity index (χ2n) is 1.58. The summed E-state index contributed by atoms with van der Waals surface area (Å²) in [6.45, 7) is 0. The average molecular weight is 149 g/mol. The normalized spacial score (nSPS) is 16.0. The van der Waals surface area contributed by atoms with Gasteiger partial charge in [-0.15, -0.1) is 0 Å². The monoisotopic (exact) mass is 149 g/mol. The first-order valence-corrected chi connectivity index (χ1v) is 3.02. The molecule has 0 radical (unpaired) electrons. The number of hydrogen-bond donors (Lipinski definition) is 0. The fourth-order valence-corrected chi connectivity index (χ4v) is 0.430. The predicted molar refractivity (Wildman–Crippen MR) is 44.8 cm³/mol. The summed E-state index contributed by atoms with van der Waals surface area (Å²) in [5.41, 5.74) is 0. The molecule has 1 heterocycles. The van der Waals surface area contributed by atoms with Crippen molar-refractivity contribution in [2.75, 3.05) is 0 Å². The zero-order valence-corrected chi connectivity index (χ0v) is 5.79. The van der Waals surface area contributed by atoms with E-state index in [0.29, 0.717) is 0 Å². The lowest BCUT2D eigenvalue weighted by Crippen LogP contribution is -1.69. The van der Waals surface area contributed by atoms with Gasteiger partial charge in [-0.1, -0.05) is 0 Å². The van der Waals surface area contributed by atoms with Crippen molar-refractivity contribution in [1.29, 1.82) is 0 Å². The molecule has 0 aromatic rings. The van der Waals surface area contributed by atoms with Gasteiger partial charge in [0, 0.05) is 6.21 Å². The number of ether oxygens (including phenoxy) is 1. The molecule has 0 bridgehead atoms. The molecule has 0 aromatic carbocycles. The van der Waals surface area contributed by atoms with E-state index in [9.17, 15) is 0 Å². The van der Waals surface area contributed by atoms with Crippen molar-refractivity contribution in [2.24, 2.45) is 15.0 Å². The van der Waals surface area contributed by atoms with Crippen LogP contribution in [0.25, 0.3) is 0 Å². The summed E-state index contributed by atoms with van der Waals surface area (Å²) in [4.78, 5) is 11.2. The number of allylic oxidation sites excluding steroid dienone is 1. The zero-order valence-electron chi connectivity index (χ0n) is 5.79. The first kappa shape index (κ1) is 7.40. The van der Waals surface area contributed by atoms with Crippen LogP contribution in [0.2, 0.25) is 0 Å². The molecule has 0 unspecified atom stereocenters. The Bertz CT molecular complexity index is 214. The van der Waals surface area contributed by atoms with Crippen molar-refractivity contribution in [3.05, 3.63) is 24.8 Å². The van der Waals surface area contributed by atoms with Crippen molar-refractivity contribution in [2.45, 2.75) is 0 Å². The third-order valence-electron chi connectivity index (χ3n) is 0.821. The van der Waals surface area contributed by atoms with Crippen molar-refractivity contribution in [1.82, 2.24) is 0 Å². The van der Waals surface area contributed by atoms with Gasteiger partial charge in [0.05, 0.1) is 12.5 Å². The summed E-state index contributed by atoms with van der Waals surface area (Å²) in [7, 11) is 0. The highest BCUT2D eigenvalue weighted by molar-refractivity contribution is 5.82. The highest BCUT2D eigenvalue weighted by Gasteiger charge is 1.69. The largest absolute Gasteiger partial charge is 0.471 e. The molecule has 0 atom stereocenters. The Morgan fingerprint density at radius 3 is 2.82 bits per heavy atom. The lowest BCUT2D eigenvalue weighted by Gasteiger charge is -1.83. The quantitative estimate of drug-likeness (QED) is 0.509. The van der Waals surface area contributed by atoms with Crippen LogP contribution in [0.1, 0.15) is 0 Å². The molecule has 0 saturated carbocycles. The fraction of sp³-hybridized carbons (Fsp3) is 0. The molecule has 1 rings (SSSR count). The van der Waals surface area contributed by atoms with Gasteiger partial charge >= 0.3 is 0 Å². The van der Waals surface area contributed by atoms with E-state index in [1.807, 2.05) is 0 Å². The Kier molecular flexibility index (Phi) is 3.43. The van der Waals surface area contributed by atoms with Crippen LogP contribution in [0.3, 0.4) is 0 Å². The van der Waals surface area contributed by atoms with Crippen molar-refractivity contribution in [3.8, 4) is 0 Å². The van der Waals surface area contributed by atoms with Crippen LogP contribution in [0.4, 0.5) is 0 Å². The van der Waals surface area contributed by atoms with E-state index in [4.69, 9.17) is 4.74 Å². The van der Waals surface area contributed by atoms with Crippen LogP contribution in [0, 0.1) is 0 Å². The second kappa shape index (κ2) is 5.10. The Morgan fingerprint density at radius 1 is 0.909 bits per heavy atom. The molecule has 0 saturated heterocycles. The summed E-state index contributed by atoms with van der Waals surface area (Å²) >= 11 is 0. The van der Waals surface area contributed by atoms with Gasteiger partial charge in [-0.2, -0.15) is 0 Å². The number of hydrogen-bond acceptors (Lipinski definition) is 4. The third kappa shape index (κ3) is 3.80. The smallest absolute Gasteiger partial charge is 0.117 e. The minimum atomic E-state index is 1.38. The summed E-state index contributed by atoms with van der Waals surface area (Å²) in [5.74, 6) is 0. The Hall–Kier alpha value is -1.71. The van der Waals surface area contributed by atoms with Crippen molar-refractivity contribution < 1.29 is 4.74 Å². The molecule has 11 heavy (non-hydrogen) atoms. The molecule has 56 valence electrons. The molecule has 0 N–H and O–H groups in total. The van der Waals surface area contributed by atoms with Gasteiger partial charge in [0.15, 0.2) is 0 Å². The maximum atomic E-state index is 4.84. The minimum absolute atomic E-state index is 1.38. The van der Waals surface area contributed by atoms with Crippen molar-refractivity contribution >= 4 is 18.9 Å². The summed E-state index contributed by atoms with van der Waals surface area (Å²) < 4.78 is 4.84. The lowest BCUT2D eigenvalue weighted by atomic mass is 10.7. The maximum Gasteiger partial charge on any atom is 0.117 e. The van der Waals surface area contributed by atoms with E-state index < -0.39 is 0 Å². The minimum Gasteiger partial charge on any atom is -0.471 e. The molecule has 0 spiro atoms. The topological polar surface area (TPSA) is 46.3 Å². The van der Waals surface area contributed by atoms with E-state index in [0.717, 1.165) is 0 Å². The van der Waals surface area contributed by atoms with Crippen LogP contribution < -0.4 is 0 Å². The van der Waals surface area contributed by atoms with Crippen molar-refractivity contribution in [3.63, 3.8) is 0 Å². The number of aliphatic imine (C=N–C) groups is 3. The van der Waals surface area contributed by atoms with E-state index in [-0.39, 0.29) is 0 Å². The van der Waals surface area contributed by atoms with Gasteiger partial charge in [-0.25, -0.2) is 15.0 Å². The highest BCUT2D eigenvalue weighted by Crippen LogP contribution is 1.81. The molecule has 0 fully saturated rings. The molecule has 0 aliphatic carbocycles. The molecule has 1 aliphatic rings. The predicted octanol–water partition coefficient (Wildman–Crippen LogP) is 1.13. The summed E-state index contributed by atoms with van der Waals surface area (Å²) in [6.07, 6.45) is 10.4. The Balaban J connectivity index is 2.61. The van der Waals surface area contributed by atoms with Crippen LogP contribution in [-0.2, 0) is 4.74 Å². The number of nitrogens with zero attached hydrogens (tertiary/aromatic N) is 3. The highest BCUT2D eigenvalue weighted by atomic mass is 16.5. The number of rotatable bonds is 0. The fourth-order valence-electron chi connectivity index (χ4n) is 0.430. The van der Waals surface area contributed by atoms with Gasteiger partial charge in [0.2, 0.25) is 0 Å². The maximum absolute atomic E-state index is 4.84. The summed E-state index contributed by atoms with van der Waals surface area (Å²) in [6, 6.07) is 0. The molecule has 0 aromatic heterocycles. The van der Waals surface area contributed by atoms with Gasteiger partial charge < -0.3 is 4.74 Å².